The lowest BCUT2D eigenvalue weighted by atomic mass is 9.95. The van der Waals surface area contributed by atoms with Crippen LogP contribution in [0.3, 0.4) is 0 Å². The predicted molar refractivity (Wildman–Crippen MR) is 98.4 cm³/mol. The van der Waals surface area contributed by atoms with Gasteiger partial charge in [-0.05, 0) is 50.1 Å². The molecule has 2 atom stereocenters. The molecule has 1 fully saturated rings. The smallest absolute Gasteiger partial charge is 0.294 e. The Labute approximate surface area is 153 Å². The summed E-state index contributed by atoms with van der Waals surface area (Å²) in [5, 5.41) is 13.8. The Balaban J connectivity index is 0.000000186. The van der Waals surface area contributed by atoms with Crippen molar-refractivity contribution in [2.24, 2.45) is 0 Å². The molecule has 2 unspecified atom stereocenters. The molecule has 3 N–H and O–H groups in total. The Kier molecular flexibility index (Phi) is 6.98. The molecule has 1 saturated heterocycles. The fourth-order valence-electron chi connectivity index (χ4n) is 2.63. The molecule has 5 nitrogen and oxygen atoms in total. The van der Waals surface area contributed by atoms with Gasteiger partial charge in [-0.3, -0.25) is 4.55 Å². The summed E-state index contributed by atoms with van der Waals surface area (Å²) in [5.74, 6) is 0. The average Bonchev–Trinajstić information content (AvgIpc) is 2.56. The van der Waals surface area contributed by atoms with E-state index in [9.17, 15) is 13.5 Å². The van der Waals surface area contributed by atoms with Crippen LogP contribution in [0.25, 0.3) is 0 Å². The molecular formula is C18H22ClNO4S. The third kappa shape index (κ3) is 5.80. The van der Waals surface area contributed by atoms with E-state index in [2.05, 4.69) is 5.32 Å². The van der Waals surface area contributed by atoms with Crippen LogP contribution in [0, 0.1) is 6.92 Å². The van der Waals surface area contributed by atoms with Crippen molar-refractivity contribution in [1.29, 1.82) is 0 Å². The van der Waals surface area contributed by atoms with Crippen LogP contribution in [0.15, 0.2) is 53.4 Å². The van der Waals surface area contributed by atoms with Crippen LogP contribution in [0.1, 0.15) is 30.0 Å². The predicted octanol–water partition coefficient (Wildman–Crippen LogP) is 3.37. The summed E-state index contributed by atoms with van der Waals surface area (Å²) < 4.78 is 29.6. The molecule has 7 heteroatoms. The van der Waals surface area contributed by atoms with Gasteiger partial charge in [-0.15, -0.1) is 0 Å². The van der Waals surface area contributed by atoms with Gasteiger partial charge in [0.1, 0.15) is 0 Å². The number of aliphatic hydroxyl groups excluding tert-OH is 1. The van der Waals surface area contributed by atoms with Crippen LogP contribution in [-0.2, 0) is 10.1 Å². The number of hydrogen-bond acceptors (Lipinski definition) is 4. The molecule has 0 amide bonds. The molecule has 2 aromatic carbocycles. The van der Waals surface area contributed by atoms with E-state index in [4.69, 9.17) is 16.2 Å². The fraction of sp³-hybridized carbons (Fsp3) is 0.333. The van der Waals surface area contributed by atoms with Gasteiger partial charge in [0.15, 0.2) is 0 Å². The molecule has 2 aromatic rings. The number of nitrogens with one attached hydrogen (secondary N) is 1. The molecule has 0 radical (unpaired) electrons. The van der Waals surface area contributed by atoms with E-state index in [0.29, 0.717) is 0 Å². The van der Waals surface area contributed by atoms with E-state index in [0.717, 1.165) is 35.5 Å². The van der Waals surface area contributed by atoms with Crippen molar-refractivity contribution in [3.8, 4) is 0 Å². The molecule has 1 heterocycles. The maximum atomic E-state index is 10.5. The van der Waals surface area contributed by atoms with Crippen LogP contribution in [0.2, 0.25) is 5.02 Å². The molecule has 1 aliphatic rings. The number of rotatable bonds is 2. The lowest BCUT2D eigenvalue weighted by Crippen LogP contribution is -2.37. The first kappa shape index (κ1) is 19.9. The normalized spacial score (nSPS) is 20.5. The van der Waals surface area contributed by atoms with Gasteiger partial charge in [-0.25, -0.2) is 0 Å². The number of hydrogen-bond donors (Lipinski definition) is 3. The second kappa shape index (κ2) is 8.78. The molecular weight excluding hydrogens is 362 g/mol. The van der Waals surface area contributed by atoms with Crippen LogP contribution in [0.4, 0.5) is 0 Å². The van der Waals surface area contributed by atoms with Gasteiger partial charge in [0, 0.05) is 5.02 Å². The molecule has 1 aliphatic heterocycles. The highest BCUT2D eigenvalue weighted by atomic mass is 35.5. The largest absolute Gasteiger partial charge is 0.391 e. The maximum absolute atomic E-state index is 10.5. The monoisotopic (exact) mass is 383 g/mol. The molecule has 0 saturated carbocycles. The number of benzene rings is 2. The summed E-state index contributed by atoms with van der Waals surface area (Å²) in [5.41, 5.74) is 1.96. The first-order chi connectivity index (χ1) is 11.8. The van der Waals surface area contributed by atoms with Crippen molar-refractivity contribution >= 4 is 21.7 Å². The topological polar surface area (TPSA) is 86.6 Å². The Morgan fingerprint density at radius 2 is 1.76 bits per heavy atom. The quantitative estimate of drug-likeness (QED) is 0.692. The Hall–Kier alpha value is -1.44. The lowest BCUT2D eigenvalue weighted by molar-refractivity contribution is 0.0966. The van der Waals surface area contributed by atoms with E-state index in [-0.39, 0.29) is 17.0 Å². The first-order valence-corrected chi connectivity index (χ1v) is 9.81. The van der Waals surface area contributed by atoms with Crippen LogP contribution < -0.4 is 5.32 Å². The Morgan fingerprint density at radius 1 is 1.12 bits per heavy atom. The van der Waals surface area contributed by atoms with Crippen molar-refractivity contribution < 1.29 is 18.1 Å². The Morgan fingerprint density at radius 3 is 2.32 bits per heavy atom. The van der Waals surface area contributed by atoms with Crippen molar-refractivity contribution in [2.75, 3.05) is 6.54 Å². The third-order valence-corrected chi connectivity index (χ3v) is 5.20. The van der Waals surface area contributed by atoms with Crippen LogP contribution in [0.5, 0.6) is 0 Å². The zero-order valence-electron chi connectivity index (χ0n) is 13.9. The lowest BCUT2D eigenvalue weighted by Gasteiger charge is -2.29. The number of aryl methyl sites for hydroxylation is 1. The van der Waals surface area contributed by atoms with E-state index in [1.807, 2.05) is 31.2 Å². The van der Waals surface area contributed by atoms with Crippen molar-refractivity contribution in [3.05, 3.63) is 64.7 Å². The summed E-state index contributed by atoms with van der Waals surface area (Å²) >= 11 is 6.07. The van der Waals surface area contributed by atoms with E-state index >= 15 is 0 Å². The molecule has 136 valence electrons. The molecule has 0 bridgehead atoms. The number of aliphatic hydroxyl groups is 1. The second-order valence-electron chi connectivity index (χ2n) is 5.95. The summed E-state index contributed by atoms with van der Waals surface area (Å²) in [6, 6.07) is 13.7. The third-order valence-electron chi connectivity index (χ3n) is 3.98. The minimum Gasteiger partial charge on any atom is -0.391 e. The zero-order chi connectivity index (χ0) is 18.4. The highest BCUT2D eigenvalue weighted by molar-refractivity contribution is 7.85. The zero-order valence-corrected chi connectivity index (χ0v) is 15.5. The SMILES string of the molecule is Cc1ccc(S(=O)(=O)O)cc1.OC1CCCNC1c1ccccc1Cl. The molecule has 0 aliphatic carbocycles. The summed E-state index contributed by atoms with van der Waals surface area (Å²) in [4.78, 5) is -0.0666. The second-order valence-corrected chi connectivity index (χ2v) is 7.78. The van der Waals surface area contributed by atoms with Crippen LogP contribution >= 0.6 is 11.6 Å². The van der Waals surface area contributed by atoms with E-state index in [1.54, 1.807) is 12.1 Å². The maximum Gasteiger partial charge on any atom is 0.294 e. The highest BCUT2D eigenvalue weighted by Crippen LogP contribution is 2.28. The van der Waals surface area contributed by atoms with Crippen molar-refractivity contribution in [3.63, 3.8) is 0 Å². The Bertz CT molecular complexity index is 793. The molecule has 25 heavy (non-hydrogen) atoms. The van der Waals surface area contributed by atoms with E-state index < -0.39 is 10.1 Å². The van der Waals surface area contributed by atoms with Gasteiger partial charge in [-0.2, -0.15) is 8.42 Å². The standard InChI is InChI=1S/C11H14ClNO.C7H8O3S/c12-9-5-2-1-4-8(9)11-10(14)6-3-7-13-11;1-6-2-4-7(5-3-6)11(8,9)10/h1-2,4-5,10-11,13-14H,3,6-7H2;2-5H,1H3,(H,8,9,10). The highest BCUT2D eigenvalue weighted by Gasteiger charge is 2.25. The molecule has 0 spiro atoms. The number of halogens is 1. The summed E-state index contributed by atoms with van der Waals surface area (Å²) in [6.07, 6.45) is 1.56. The van der Waals surface area contributed by atoms with Gasteiger partial charge < -0.3 is 10.4 Å². The average molecular weight is 384 g/mol. The molecule has 0 aromatic heterocycles. The molecule has 3 rings (SSSR count). The van der Waals surface area contributed by atoms with Gasteiger partial charge in [0.25, 0.3) is 10.1 Å². The van der Waals surface area contributed by atoms with E-state index in [1.165, 1.54) is 12.1 Å². The van der Waals surface area contributed by atoms with Gasteiger partial charge in [-0.1, -0.05) is 47.5 Å². The fourth-order valence-corrected chi connectivity index (χ4v) is 3.36. The van der Waals surface area contributed by atoms with Crippen molar-refractivity contribution in [2.45, 2.75) is 36.8 Å². The summed E-state index contributed by atoms with van der Waals surface area (Å²) in [6.45, 7) is 2.79. The van der Waals surface area contributed by atoms with Gasteiger partial charge >= 0.3 is 0 Å². The summed E-state index contributed by atoms with van der Waals surface area (Å²) in [7, 11) is -4.02. The number of piperidine rings is 1. The first-order valence-electron chi connectivity index (χ1n) is 7.99. The van der Waals surface area contributed by atoms with Gasteiger partial charge in [0.2, 0.25) is 0 Å². The minimum atomic E-state index is -4.02. The van der Waals surface area contributed by atoms with Crippen molar-refractivity contribution in [1.82, 2.24) is 5.32 Å². The minimum absolute atomic E-state index is 0.00236. The van der Waals surface area contributed by atoms with Crippen LogP contribution in [-0.4, -0.2) is 30.7 Å². The van der Waals surface area contributed by atoms with Gasteiger partial charge in [0.05, 0.1) is 17.0 Å².